The fourth-order valence-electron chi connectivity index (χ4n) is 2.44. The van der Waals surface area contributed by atoms with Crippen LogP contribution in [0.5, 0.6) is 0 Å². The third-order valence-electron chi connectivity index (χ3n) is 3.46. The predicted octanol–water partition coefficient (Wildman–Crippen LogP) is 1.59. The molecule has 0 saturated heterocycles. The van der Waals surface area contributed by atoms with Crippen molar-refractivity contribution >= 4 is 15.7 Å². The number of rotatable bonds is 3. The van der Waals surface area contributed by atoms with E-state index >= 15 is 0 Å². The van der Waals surface area contributed by atoms with Crippen molar-refractivity contribution in [3.8, 4) is 0 Å². The predicted molar refractivity (Wildman–Crippen MR) is 74.3 cm³/mol. The van der Waals surface area contributed by atoms with Gasteiger partial charge in [0, 0.05) is 13.1 Å². The lowest BCUT2D eigenvalue weighted by Crippen LogP contribution is -2.27. The molecular weight excluding hydrogens is 248 g/mol. The molecule has 2 N–H and O–H groups in total. The Balaban J connectivity index is 2.61. The van der Waals surface area contributed by atoms with E-state index in [9.17, 15) is 8.42 Å². The van der Waals surface area contributed by atoms with Gasteiger partial charge in [-0.05, 0) is 35.1 Å². The van der Waals surface area contributed by atoms with E-state index in [0.717, 1.165) is 28.8 Å². The van der Waals surface area contributed by atoms with Crippen molar-refractivity contribution in [1.82, 2.24) is 0 Å². The van der Waals surface area contributed by atoms with E-state index in [0.29, 0.717) is 19.0 Å². The smallest absolute Gasteiger partial charge is 0.232 e. The summed E-state index contributed by atoms with van der Waals surface area (Å²) in [7, 11) is -3.19. The SMILES string of the molecule is CC(C)c1cc(CN)c2c(c1)N(S(C)(=O)=O)CC2. The zero-order valence-corrected chi connectivity index (χ0v) is 11.9. The molecule has 0 amide bonds. The minimum atomic E-state index is -3.19. The second-order valence-corrected chi connectivity index (χ2v) is 7.03. The molecule has 100 valence electrons. The maximum absolute atomic E-state index is 11.8. The van der Waals surface area contributed by atoms with E-state index in [1.54, 1.807) is 0 Å². The van der Waals surface area contributed by atoms with Gasteiger partial charge in [-0.25, -0.2) is 8.42 Å². The van der Waals surface area contributed by atoms with Gasteiger partial charge in [-0.1, -0.05) is 19.9 Å². The summed E-state index contributed by atoms with van der Waals surface area (Å²) >= 11 is 0. The maximum Gasteiger partial charge on any atom is 0.232 e. The number of anilines is 1. The molecule has 0 aliphatic carbocycles. The highest BCUT2D eigenvalue weighted by atomic mass is 32.2. The Bertz CT molecular complexity index is 565. The number of hydrogen-bond donors (Lipinski definition) is 1. The second-order valence-electron chi connectivity index (χ2n) is 5.12. The van der Waals surface area contributed by atoms with E-state index in [-0.39, 0.29) is 0 Å². The van der Waals surface area contributed by atoms with Crippen molar-refractivity contribution in [3.05, 3.63) is 28.8 Å². The summed E-state index contributed by atoms with van der Waals surface area (Å²) in [6.45, 7) is 5.19. The molecule has 0 aromatic heterocycles. The van der Waals surface area contributed by atoms with Gasteiger partial charge in [-0.15, -0.1) is 0 Å². The molecule has 0 fully saturated rings. The van der Waals surface area contributed by atoms with Crippen LogP contribution in [0.3, 0.4) is 0 Å². The van der Waals surface area contributed by atoms with E-state index < -0.39 is 10.0 Å². The van der Waals surface area contributed by atoms with Crippen LogP contribution in [-0.2, 0) is 23.0 Å². The van der Waals surface area contributed by atoms with E-state index in [1.165, 1.54) is 10.6 Å². The Morgan fingerprint density at radius 3 is 2.56 bits per heavy atom. The Kier molecular flexibility index (Phi) is 3.38. The number of nitrogens with two attached hydrogens (primary N) is 1. The molecule has 0 bridgehead atoms. The first-order valence-corrected chi connectivity index (χ1v) is 8.03. The van der Waals surface area contributed by atoms with Crippen LogP contribution in [0.15, 0.2) is 12.1 Å². The van der Waals surface area contributed by atoms with Crippen LogP contribution >= 0.6 is 0 Å². The van der Waals surface area contributed by atoms with Crippen molar-refractivity contribution in [2.24, 2.45) is 5.73 Å². The molecule has 1 aromatic carbocycles. The standard InChI is InChI=1S/C13H20N2O2S/c1-9(2)10-6-11(8-14)12-4-5-15(13(12)7-10)18(3,16)17/h6-7,9H,4-5,8,14H2,1-3H3. The average Bonchev–Trinajstić information content (AvgIpc) is 2.70. The molecule has 0 radical (unpaired) electrons. The number of nitrogens with zero attached hydrogens (tertiary/aromatic N) is 1. The Morgan fingerprint density at radius 2 is 2.06 bits per heavy atom. The fraction of sp³-hybridized carbons (Fsp3) is 0.538. The Morgan fingerprint density at radius 1 is 1.39 bits per heavy atom. The summed E-state index contributed by atoms with van der Waals surface area (Å²) in [6, 6.07) is 4.10. The van der Waals surface area contributed by atoms with Gasteiger partial charge < -0.3 is 5.73 Å². The topological polar surface area (TPSA) is 63.4 Å². The van der Waals surface area contributed by atoms with Gasteiger partial charge in [0.15, 0.2) is 0 Å². The summed E-state index contributed by atoms with van der Waals surface area (Å²) in [6.07, 6.45) is 2.01. The third kappa shape index (κ3) is 2.24. The van der Waals surface area contributed by atoms with Crippen LogP contribution < -0.4 is 10.0 Å². The van der Waals surface area contributed by atoms with Crippen molar-refractivity contribution in [2.75, 3.05) is 17.1 Å². The monoisotopic (exact) mass is 268 g/mol. The van der Waals surface area contributed by atoms with Gasteiger partial charge in [0.25, 0.3) is 0 Å². The molecule has 18 heavy (non-hydrogen) atoms. The number of fused-ring (bicyclic) bond motifs is 1. The molecule has 1 aliphatic heterocycles. The van der Waals surface area contributed by atoms with Gasteiger partial charge in [0.1, 0.15) is 0 Å². The molecule has 1 aromatic rings. The summed E-state index contributed by atoms with van der Waals surface area (Å²) in [5.74, 6) is 0.364. The van der Waals surface area contributed by atoms with Crippen molar-refractivity contribution in [2.45, 2.75) is 32.7 Å². The van der Waals surface area contributed by atoms with E-state index in [4.69, 9.17) is 5.73 Å². The molecular formula is C13H20N2O2S. The van der Waals surface area contributed by atoms with Gasteiger partial charge in [0.05, 0.1) is 11.9 Å². The van der Waals surface area contributed by atoms with Crippen LogP contribution in [0.4, 0.5) is 5.69 Å². The van der Waals surface area contributed by atoms with Crippen molar-refractivity contribution in [1.29, 1.82) is 0 Å². The molecule has 0 atom stereocenters. The van der Waals surface area contributed by atoms with Crippen LogP contribution in [0.25, 0.3) is 0 Å². The molecule has 0 unspecified atom stereocenters. The number of sulfonamides is 1. The van der Waals surface area contributed by atoms with Crippen LogP contribution in [0.1, 0.15) is 36.5 Å². The largest absolute Gasteiger partial charge is 0.326 e. The van der Waals surface area contributed by atoms with Gasteiger partial charge in [0.2, 0.25) is 10.0 Å². The van der Waals surface area contributed by atoms with Crippen LogP contribution in [-0.4, -0.2) is 21.2 Å². The van der Waals surface area contributed by atoms with Gasteiger partial charge >= 0.3 is 0 Å². The summed E-state index contributed by atoms with van der Waals surface area (Å²) < 4.78 is 25.0. The summed E-state index contributed by atoms with van der Waals surface area (Å²) in [5, 5.41) is 0. The molecule has 0 spiro atoms. The molecule has 4 nitrogen and oxygen atoms in total. The lowest BCUT2D eigenvalue weighted by molar-refractivity contribution is 0.598. The van der Waals surface area contributed by atoms with Crippen molar-refractivity contribution < 1.29 is 8.42 Å². The highest BCUT2D eigenvalue weighted by molar-refractivity contribution is 7.92. The van der Waals surface area contributed by atoms with Gasteiger partial charge in [-0.2, -0.15) is 0 Å². The molecule has 5 heteroatoms. The van der Waals surface area contributed by atoms with Crippen LogP contribution in [0, 0.1) is 0 Å². The van der Waals surface area contributed by atoms with E-state index in [2.05, 4.69) is 19.9 Å². The quantitative estimate of drug-likeness (QED) is 0.905. The van der Waals surface area contributed by atoms with Gasteiger partial charge in [-0.3, -0.25) is 4.31 Å². The lowest BCUT2D eigenvalue weighted by Gasteiger charge is -2.19. The third-order valence-corrected chi connectivity index (χ3v) is 4.64. The zero-order chi connectivity index (χ0) is 13.5. The first-order chi connectivity index (χ1) is 8.34. The molecule has 2 rings (SSSR count). The molecule has 1 heterocycles. The first kappa shape index (κ1) is 13.4. The molecule has 0 saturated carbocycles. The minimum absolute atomic E-state index is 0.364. The normalized spacial score (nSPS) is 15.3. The Hall–Kier alpha value is -1.07. The Labute approximate surface area is 109 Å². The zero-order valence-electron chi connectivity index (χ0n) is 11.1. The van der Waals surface area contributed by atoms with Crippen molar-refractivity contribution in [3.63, 3.8) is 0 Å². The lowest BCUT2D eigenvalue weighted by atomic mass is 9.96. The number of benzene rings is 1. The molecule has 1 aliphatic rings. The summed E-state index contributed by atoms with van der Waals surface area (Å²) in [5.41, 5.74) is 9.91. The van der Waals surface area contributed by atoms with Crippen LogP contribution in [0.2, 0.25) is 0 Å². The fourth-order valence-corrected chi connectivity index (χ4v) is 3.39. The minimum Gasteiger partial charge on any atom is -0.326 e. The highest BCUT2D eigenvalue weighted by Crippen LogP contribution is 2.35. The highest BCUT2D eigenvalue weighted by Gasteiger charge is 2.28. The maximum atomic E-state index is 11.8. The second kappa shape index (κ2) is 4.55. The van der Waals surface area contributed by atoms with E-state index in [1.807, 2.05) is 6.07 Å². The number of hydrogen-bond acceptors (Lipinski definition) is 3. The first-order valence-electron chi connectivity index (χ1n) is 6.18. The summed E-state index contributed by atoms with van der Waals surface area (Å²) in [4.78, 5) is 0. The average molecular weight is 268 g/mol.